The van der Waals surface area contributed by atoms with E-state index in [1.807, 2.05) is 36.4 Å². The second kappa shape index (κ2) is 7.96. The molecule has 0 heterocycles. The van der Waals surface area contributed by atoms with Crippen LogP contribution in [0.4, 0.5) is 0 Å². The molecule has 0 aromatic heterocycles. The van der Waals surface area contributed by atoms with E-state index in [4.69, 9.17) is 4.84 Å². The number of benzene rings is 2. The number of hydrogen-bond acceptors (Lipinski definition) is 2. The molecule has 23 heavy (non-hydrogen) atoms. The zero-order valence-corrected chi connectivity index (χ0v) is 13.8. The number of hydrogen-bond donors (Lipinski definition) is 0. The third-order valence-corrected chi connectivity index (χ3v) is 4.72. The van der Waals surface area contributed by atoms with Crippen LogP contribution in [0.15, 0.2) is 65.8 Å². The summed E-state index contributed by atoms with van der Waals surface area (Å²) in [5.41, 5.74) is 3.10. The van der Waals surface area contributed by atoms with Crippen molar-refractivity contribution in [3.63, 3.8) is 0 Å². The molecule has 0 bridgehead atoms. The van der Waals surface area contributed by atoms with E-state index in [0.29, 0.717) is 5.92 Å². The molecule has 1 atom stereocenters. The van der Waals surface area contributed by atoms with Crippen molar-refractivity contribution in [2.75, 3.05) is 0 Å². The molecule has 2 nitrogen and oxygen atoms in total. The molecule has 0 amide bonds. The SMILES string of the molecule is CC(ON=C(c1ccccc1)c1ccccc1)C1CCCCC1. The summed E-state index contributed by atoms with van der Waals surface area (Å²) in [4.78, 5) is 5.94. The molecule has 0 spiro atoms. The minimum absolute atomic E-state index is 0.178. The molecule has 2 aromatic carbocycles. The first-order valence-electron chi connectivity index (χ1n) is 8.69. The maximum Gasteiger partial charge on any atom is 0.127 e. The lowest BCUT2D eigenvalue weighted by atomic mass is 9.86. The summed E-state index contributed by atoms with van der Waals surface area (Å²) >= 11 is 0. The van der Waals surface area contributed by atoms with Crippen LogP contribution in [0.5, 0.6) is 0 Å². The average Bonchev–Trinajstić information content (AvgIpc) is 2.64. The van der Waals surface area contributed by atoms with E-state index in [9.17, 15) is 0 Å². The van der Waals surface area contributed by atoms with Gasteiger partial charge in [0.2, 0.25) is 0 Å². The van der Waals surface area contributed by atoms with Crippen molar-refractivity contribution in [3.05, 3.63) is 71.8 Å². The minimum atomic E-state index is 0.178. The van der Waals surface area contributed by atoms with Crippen LogP contribution in [0.25, 0.3) is 0 Å². The molecule has 0 N–H and O–H groups in total. The summed E-state index contributed by atoms with van der Waals surface area (Å²) < 4.78 is 0. The van der Waals surface area contributed by atoms with Crippen LogP contribution in [0.2, 0.25) is 0 Å². The van der Waals surface area contributed by atoms with Gasteiger partial charge < -0.3 is 4.84 Å². The molecule has 0 saturated heterocycles. The van der Waals surface area contributed by atoms with Crippen molar-refractivity contribution in [1.82, 2.24) is 0 Å². The molecule has 3 rings (SSSR count). The Morgan fingerprint density at radius 3 is 1.91 bits per heavy atom. The predicted octanol–water partition coefficient (Wildman–Crippen LogP) is 5.42. The highest BCUT2D eigenvalue weighted by molar-refractivity contribution is 6.12. The Labute approximate surface area is 139 Å². The summed E-state index contributed by atoms with van der Waals surface area (Å²) in [5, 5.41) is 4.56. The van der Waals surface area contributed by atoms with Gasteiger partial charge in [-0.15, -0.1) is 0 Å². The van der Waals surface area contributed by atoms with Crippen LogP contribution in [-0.4, -0.2) is 11.8 Å². The molecule has 1 saturated carbocycles. The largest absolute Gasteiger partial charge is 0.392 e. The standard InChI is InChI=1S/C21H25NO/c1-17(18-11-5-2-6-12-18)23-22-21(19-13-7-3-8-14-19)20-15-9-4-10-16-20/h3-4,7-10,13-18H,2,5-6,11-12H2,1H3. The second-order valence-corrected chi connectivity index (χ2v) is 6.38. The Hall–Kier alpha value is -2.09. The zero-order valence-electron chi connectivity index (χ0n) is 13.8. The van der Waals surface area contributed by atoms with E-state index in [-0.39, 0.29) is 6.10 Å². The molecular formula is C21H25NO. The van der Waals surface area contributed by atoms with Crippen molar-refractivity contribution < 1.29 is 4.84 Å². The van der Waals surface area contributed by atoms with E-state index in [1.54, 1.807) is 0 Å². The molecular weight excluding hydrogens is 282 g/mol. The quantitative estimate of drug-likeness (QED) is 0.533. The topological polar surface area (TPSA) is 21.6 Å². The van der Waals surface area contributed by atoms with E-state index in [0.717, 1.165) is 16.8 Å². The molecule has 120 valence electrons. The highest BCUT2D eigenvalue weighted by atomic mass is 16.6. The summed E-state index contributed by atoms with van der Waals surface area (Å²) in [6, 6.07) is 20.5. The molecule has 2 aromatic rings. The van der Waals surface area contributed by atoms with Gasteiger partial charge in [0.1, 0.15) is 11.8 Å². The third-order valence-electron chi connectivity index (χ3n) is 4.72. The zero-order chi connectivity index (χ0) is 15.9. The number of rotatable bonds is 5. The summed E-state index contributed by atoms with van der Waals surface area (Å²) in [6.07, 6.45) is 6.73. The Balaban J connectivity index is 1.80. The van der Waals surface area contributed by atoms with Crippen molar-refractivity contribution in [3.8, 4) is 0 Å². The van der Waals surface area contributed by atoms with E-state index < -0.39 is 0 Å². The van der Waals surface area contributed by atoms with Crippen LogP contribution in [0, 0.1) is 5.92 Å². The van der Waals surface area contributed by atoms with E-state index >= 15 is 0 Å². The van der Waals surface area contributed by atoms with Gasteiger partial charge in [0.15, 0.2) is 0 Å². The number of oxime groups is 1. The first-order valence-corrected chi connectivity index (χ1v) is 8.69. The Bertz CT molecular complexity index is 573. The molecule has 1 aliphatic rings. The lowest BCUT2D eigenvalue weighted by molar-refractivity contribution is 0.0168. The second-order valence-electron chi connectivity index (χ2n) is 6.38. The third kappa shape index (κ3) is 4.22. The Kier molecular flexibility index (Phi) is 5.46. The minimum Gasteiger partial charge on any atom is -0.392 e. The summed E-state index contributed by atoms with van der Waals surface area (Å²) in [7, 11) is 0. The first kappa shape index (κ1) is 15.8. The highest BCUT2D eigenvalue weighted by Crippen LogP contribution is 2.28. The van der Waals surface area contributed by atoms with Crippen molar-refractivity contribution in [2.45, 2.75) is 45.1 Å². The van der Waals surface area contributed by atoms with Crippen molar-refractivity contribution in [2.24, 2.45) is 11.1 Å². The van der Waals surface area contributed by atoms with Crippen LogP contribution in [0.1, 0.15) is 50.2 Å². The first-order chi connectivity index (χ1) is 11.3. The fourth-order valence-corrected chi connectivity index (χ4v) is 3.29. The summed E-state index contributed by atoms with van der Waals surface area (Å²) in [5.74, 6) is 0.639. The van der Waals surface area contributed by atoms with Gasteiger partial charge in [0.25, 0.3) is 0 Å². The van der Waals surface area contributed by atoms with Gasteiger partial charge in [-0.2, -0.15) is 0 Å². The normalized spacial score (nSPS) is 16.6. The van der Waals surface area contributed by atoms with Crippen molar-refractivity contribution in [1.29, 1.82) is 0 Å². The fraction of sp³-hybridized carbons (Fsp3) is 0.381. The monoisotopic (exact) mass is 307 g/mol. The molecule has 0 aliphatic heterocycles. The van der Waals surface area contributed by atoms with E-state index in [1.165, 1.54) is 32.1 Å². The van der Waals surface area contributed by atoms with Crippen LogP contribution < -0.4 is 0 Å². The van der Waals surface area contributed by atoms with Gasteiger partial charge in [-0.25, -0.2) is 0 Å². The van der Waals surface area contributed by atoms with Gasteiger partial charge in [0.05, 0.1) is 0 Å². The summed E-state index contributed by atoms with van der Waals surface area (Å²) in [6.45, 7) is 2.16. The van der Waals surface area contributed by atoms with Gasteiger partial charge in [-0.1, -0.05) is 85.1 Å². The lowest BCUT2D eigenvalue weighted by Crippen LogP contribution is -2.22. The maximum absolute atomic E-state index is 5.94. The van der Waals surface area contributed by atoms with Gasteiger partial charge in [0, 0.05) is 11.1 Å². The maximum atomic E-state index is 5.94. The van der Waals surface area contributed by atoms with Gasteiger partial charge in [-0.05, 0) is 25.7 Å². The Morgan fingerprint density at radius 2 is 1.39 bits per heavy atom. The Morgan fingerprint density at radius 1 is 0.870 bits per heavy atom. The van der Waals surface area contributed by atoms with Crippen molar-refractivity contribution >= 4 is 5.71 Å². The average molecular weight is 307 g/mol. The van der Waals surface area contributed by atoms with Gasteiger partial charge >= 0.3 is 0 Å². The molecule has 1 fully saturated rings. The molecule has 1 aliphatic carbocycles. The molecule has 0 radical (unpaired) electrons. The van der Waals surface area contributed by atoms with Crippen LogP contribution in [0.3, 0.4) is 0 Å². The van der Waals surface area contributed by atoms with Gasteiger partial charge in [-0.3, -0.25) is 0 Å². The smallest absolute Gasteiger partial charge is 0.127 e. The van der Waals surface area contributed by atoms with E-state index in [2.05, 4.69) is 36.3 Å². The highest BCUT2D eigenvalue weighted by Gasteiger charge is 2.21. The number of nitrogens with zero attached hydrogens (tertiary/aromatic N) is 1. The van der Waals surface area contributed by atoms with Crippen LogP contribution in [-0.2, 0) is 4.84 Å². The lowest BCUT2D eigenvalue weighted by Gasteiger charge is -2.26. The molecule has 1 unspecified atom stereocenters. The predicted molar refractivity (Wildman–Crippen MR) is 95.6 cm³/mol. The fourth-order valence-electron chi connectivity index (χ4n) is 3.29. The molecule has 2 heteroatoms. The van der Waals surface area contributed by atoms with Crippen LogP contribution >= 0.6 is 0 Å².